The first-order chi connectivity index (χ1) is 72.5. The number of imidazole rings is 5. The second-order valence-corrected chi connectivity index (χ2v) is 39.2. The van der Waals surface area contributed by atoms with Crippen LogP contribution in [-0.2, 0) is 32.0 Å². The molecule has 3 amide bonds. The Balaban J connectivity index is 0.000000122. The molecule has 0 spiro atoms. The molecule has 22 rings (SSSR count). The standard InChI is InChI=1S/C22H17N7O2S.C22H16N6OS.C21H21ClN6S.C21H20N6OS.C20H15Cl2N5OS/c1-12(30)26-17-11-16(7-8-23-17)22-27-18(19(32-22)20-24-9-10-25-20)14-3-5-15(6-4-14)21-29-28-13(2)31-21;1-13(29)27-18-11-14(5-8-24-18)22-28-19(20(30-22)21-25-9-10-26-21)17-4-2-3-15-12-23-7-6-16(15)17;1-2-24-17-12-14(6-8-25-17)21-28-18(19(29-21)20-26-9-10-27-20)15-11-13(5-7-23)3-4-16(15)22;1-13(28)10-16-11-14(6-7-22-16)21-26-18(19(29-21)20-23-8-9-24-20)15-4-5-17(25-12-15)27(2)3;1-2-16(28)26-15-9-11(5-6-23-15)20-27-17(13-4-3-12(21)10-14(13)22)18(29-20)19-24-7-8-25-19/h3-11H,1-2H3,(H,24,25)(H,23,26,30);2-12H,1H3,(H,25,26)(H,24,27,29);3-4,6,8-12H,2,5,7,23H2,1H3,(H,24,25)(H,26,27);4-9,11-12H,10H2,1-3H3,(H,23,24);3-10H,2H2,1H3,(H,24,25)(H,23,26,28). The molecule has 0 unspecified atom stereocenters. The summed E-state index contributed by atoms with van der Waals surface area (Å²) in [4.78, 5) is 145. The maximum absolute atomic E-state index is 11.7. The molecule has 0 saturated heterocycles. The Kier molecular flexibility index (Phi) is 32.5. The third-order valence-electron chi connectivity index (χ3n) is 22.0. The maximum atomic E-state index is 11.7. The largest absolute Gasteiger partial charge is 0.421 e. The summed E-state index contributed by atoms with van der Waals surface area (Å²) < 4.78 is 5.51. The second kappa shape index (κ2) is 47.5. The van der Waals surface area contributed by atoms with Crippen molar-refractivity contribution in [2.45, 2.75) is 60.8 Å². The molecule has 149 heavy (non-hydrogen) atoms. The van der Waals surface area contributed by atoms with E-state index in [1.54, 1.807) is 178 Å². The van der Waals surface area contributed by atoms with Gasteiger partial charge in [0.05, 0.1) is 62.9 Å². The summed E-state index contributed by atoms with van der Waals surface area (Å²) in [6, 6.07) is 50.0. The van der Waals surface area contributed by atoms with Gasteiger partial charge in [-0.05, 0) is 159 Å². The maximum Gasteiger partial charge on any atom is 0.247 e. The van der Waals surface area contributed by atoms with Crippen molar-refractivity contribution in [1.82, 2.24) is 120 Å². The van der Waals surface area contributed by atoms with Gasteiger partial charge in [0.2, 0.25) is 29.5 Å². The van der Waals surface area contributed by atoms with E-state index in [1.807, 2.05) is 160 Å². The summed E-state index contributed by atoms with van der Waals surface area (Å²) in [5.74, 6) is 7.51. The highest BCUT2D eigenvalue weighted by molar-refractivity contribution is 7.20. The van der Waals surface area contributed by atoms with E-state index in [-0.39, 0.29) is 23.5 Å². The Morgan fingerprint density at radius 2 is 0.866 bits per heavy atom. The molecule has 18 heterocycles. The van der Waals surface area contributed by atoms with Crippen molar-refractivity contribution in [3.05, 3.63) is 301 Å². The van der Waals surface area contributed by atoms with Crippen LogP contribution in [-0.4, -0.2) is 171 Å². The lowest BCUT2D eigenvalue weighted by molar-refractivity contribution is -0.117. The number of rotatable bonds is 27. The van der Waals surface area contributed by atoms with Gasteiger partial charge in [-0.2, -0.15) is 0 Å². The minimum Gasteiger partial charge on any atom is -0.421 e. The highest BCUT2D eigenvalue weighted by atomic mass is 35.5. The minimum atomic E-state index is -0.178. The number of carbonyl (C=O) groups is 4. The van der Waals surface area contributed by atoms with Crippen LogP contribution in [0, 0.1) is 6.92 Å². The highest BCUT2D eigenvalue weighted by Crippen LogP contribution is 2.48. The van der Waals surface area contributed by atoms with Crippen LogP contribution < -0.4 is 31.9 Å². The molecule has 0 aliphatic rings. The molecule has 4 aromatic carbocycles. The summed E-state index contributed by atoms with van der Waals surface area (Å²) >= 11 is 26.7. The van der Waals surface area contributed by atoms with Gasteiger partial charge in [0, 0.05) is 243 Å². The molecule has 0 radical (unpaired) electrons. The second-order valence-electron chi connectivity index (χ2n) is 33.0. The number of nitrogens with two attached hydrogens (primary N) is 1. The van der Waals surface area contributed by atoms with E-state index >= 15 is 0 Å². The van der Waals surface area contributed by atoms with Crippen LogP contribution in [0.3, 0.4) is 0 Å². The number of nitrogens with one attached hydrogen (secondary N) is 9. The molecule has 43 heteroatoms. The summed E-state index contributed by atoms with van der Waals surface area (Å²) in [6.45, 7) is 11.5. The van der Waals surface area contributed by atoms with Crippen molar-refractivity contribution >= 4 is 155 Å². The number of hydrogen-bond acceptors (Lipinski definition) is 32. The number of nitrogens with zero attached hydrogens (tertiary/aromatic N) is 20. The molecule has 0 atom stereocenters. The van der Waals surface area contributed by atoms with Gasteiger partial charge in [-0.15, -0.1) is 66.9 Å². The van der Waals surface area contributed by atoms with E-state index in [0.717, 1.165) is 203 Å². The zero-order chi connectivity index (χ0) is 104. The zero-order valence-corrected chi connectivity index (χ0v) is 87.0. The number of H-pyrrole nitrogens is 5. The molecule has 11 N–H and O–H groups in total. The number of aryl methyl sites for hydroxylation is 1. The number of amides is 3. The zero-order valence-electron chi connectivity index (χ0n) is 80.7. The van der Waals surface area contributed by atoms with E-state index in [1.165, 1.54) is 36.5 Å². The van der Waals surface area contributed by atoms with E-state index < -0.39 is 0 Å². The first-order valence-corrected chi connectivity index (χ1v) is 51.5. The van der Waals surface area contributed by atoms with Crippen molar-refractivity contribution in [2.24, 2.45) is 5.73 Å². The monoisotopic (exact) mass is 2130 g/mol. The third kappa shape index (κ3) is 24.9. The van der Waals surface area contributed by atoms with Gasteiger partial charge < -0.3 is 61.2 Å². The predicted molar refractivity (Wildman–Crippen MR) is 591 cm³/mol. The summed E-state index contributed by atoms with van der Waals surface area (Å²) in [6.07, 6.45) is 32.9. The van der Waals surface area contributed by atoms with Gasteiger partial charge in [-0.1, -0.05) is 78.1 Å². The molecule has 0 aliphatic heterocycles. The van der Waals surface area contributed by atoms with Crippen molar-refractivity contribution in [2.75, 3.05) is 53.4 Å². The quantitative estimate of drug-likeness (QED) is 0.0229. The van der Waals surface area contributed by atoms with Crippen molar-refractivity contribution in [1.29, 1.82) is 0 Å². The topological polar surface area (TPSA) is 483 Å². The van der Waals surface area contributed by atoms with E-state index in [0.29, 0.717) is 75.2 Å². The number of benzene rings is 4. The first kappa shape index (κ1) is 102. The number of ketones is 1. The Labute approximate surface area is 887 Å². The van der Waals surface area contributed by atoms with E-state index in [2.05, 4.69) is 128 Å². The van der Waals surface area contributed by atoms with Crippen LogP contribution in [0.5, 0.6) is 0 Å². The van der Waals surface area contributed by atoms with Gasteiger partial charge in [0.25, 0.3) is 0 Å². The summed E-state index contributed by atoms with van der Waals surface area (Å²) in [5, 5.41) is 27.3. The Morgan fingerprint density at radius 1 is 0.409 bits per heavy atom. The molecule has 18 aromatic heterocycles. The lowest BCUT2D eigenvalue weighted by atomic mass is 10.0. The van der Waals surface area contributed by atoms with Crippen LogP contribution in [0.2, 0.25) is 15.1 Å². The number of hydrogen-bond donors (Lipinski definition) is 10. The van der Waals surface area contributed by atoms with Gasteiger partial charge >= 0.3 is 0 Å². The average Bonchev–Trinajstić information content (AvgIpc) is 1.66. The number of aromatic amines is 5. The van der Waals surface area contributed by atoms with Gasteiger partial charge in [0.1, 0.15) is 89.0 Å². The number of aromatic nitrogens is 24. The molecule has 0 saturated carbocycles. The van der Waals surface area contributed by atoms with E-state index in [9.17, 15) is 19.2 Å². The number of anilines is 5. The minimum absolute atomic E-state index is 0.0813. The number of halogens is 3. The number of carbonyl (C=O) groups excluding carboxylic acids is 4. The molecular weight excluding hydrogens is 2040 g/mol. The van der Waals surface area contributed by atoms with Crippen LogP contribution in [0.1, 0.15) is 58.2 Å². The van der Waals surface area contributed by atoms with Gasteiger partial charge in [-0.25, -0.2) is 74.8 Å². The molecule has 35 nitrogen and oxygen atoms in total. The Bertz CT molecular complexity index is 8420. The fraction of sp³-hybridized carbons (Fsp3) is 0.123. The number of pyridine rings is 7. The van der Waals surface area contributed by atoms with Crippen molar-refractivity contribution in [3.63, 3.8) is 0 Å². The van der Waals surface area contributed by atoms with Crippen LogP contribution >= 0.6 is 91.5 Å². The van der Waals surface area contributed by atoms with Crippen LogP contribution in [0.25, 0.3) is 185 Å². The van der Waals surface area contributed by atoms with Crippen molar-refractivity contribution < 1.29 is 23.6 Å². The summed E-state index contributed by atoms with van der Waals surface area (Å²) in [7, 11) is 3.92. The Morgan fingerprint density at radius 3 is 1.32 bits per heavy atom. The average molecular weight is 2130 g/mol. The smallest absolute Gasteiger partial charge is 0.247 e. The SMILES string of the molecule is CC(=O)Cc1cc(-c2nc(-c3ccc(N(C)C)nc3)c(-c3ncc[nH]3)s2)ccn1.CC(=O)Nc1cc(-c2nc(-c3ccc(-c4nnc(C)o4)cc3)c(-c3ncc[nH]3)s2)ccn1.CC(=O)Nc1cc(-c2nc(-c3cccc4cnccc34)c(-c3ncc[nH]3)s2)ccn1.CCC(=O)Nc1cc(-c2nc(-c3ccc(Cl)cc3Cl)c(-c3ncc[nH]3)s2)ccn1.CCNc1cc(-c2nc(-c3cc(CCN)ccc3Cl)c(-c3ncc[nH]3)s2)ccn1. The third-order valence-corrected chi connectivity index (χ3v) is 28.5. The van der Waals surface area contributed by atoms with Crippen LogP contribution in [0.15, 0.2) is 274 Å². The lowest BCUT2D eigenvalue weighted by Crippen LogP contribution is -2.10. The Hall–Kier alpha value is -17.0. The number of thiazole rings is 5. The molecule has 0 fully saturated rings. The normalized spacial score (nSPS) is 10.9. The summed E-state index contributed by atoms with van der Waals surface area (Å²) in [5.41, 5.74) is 21.4. The van der Waals surface area contributed by atoms with Crippen LogP contribution in [0.4, 0.5) is 29.1 Å². The predicted octanol–water partition coefficient (Wildman–Crippen LogP) is 24.0. The molecule has 744 valence electrons. The van der Waals surface area contributed by atoms with Gasteiger partial charge in [0.15, 0.2) is 0 Å². The fourth-order valence-electron chi connectivity index (χ4n) is 15.3. The first-order valence-electron chi connectivity index (χ1n) is 46.2. The van der Waals surface area contributed by atoms with Gasteiger partial charge in [-0.3, -0.25) is 29.1 Å². The fourth-order valence-corrected chi connectivity index (χ4v) is 21.2. The van der Waals surface area contributed by atoms with E-state index in [4.69, 9.17) is 69.9 Å². The molecule has 22 aromatic rings. The lowest BCUT2D eigenvalue weighted by Gasteiger charge is -2.10. The molecule has 0 bridgehead atoms. The molecule has 0 aliphatic carbocycles. The number of Topliss-reactive ketones (excluding diaryl/α,β-unsaturated/α-hetero) is 1. The molecular formula is C106H89Cl3N30O5S5. The number of fused-ring (bicyclic) bond motifs is 1. The highest BCUT2D eigenvalue weighted by Gasteiger charge is 2.28. The van der Waals surface area contributed by atoms with Crippen molar-refractivity contribution in [3.8, 4) is 174 Å².